The fourth-order valence-corrected chi connectivity index (χ4v) is 8.60. The number of aryl methyl sites for hydroxylation is 1. The molecule has 0 spiro atoms. The van der Waals surface area contributed by atoms with E-state index >= 15 is 0 Å². The number of unbranched alkanes of at least 4 members (excludes halogenated alkanes) is 13. The number of fused-ring (bicyclic) bond motifs is 1. The Morgan fingerprint density at radius 3 is 2.20 bits per heavy atom. The van der Waals surface area contributed by atoms with E-state index in [4.69, 9.17) is 25.6 Å². The fraction of sp³-hybridized carbons (Fsp3) is 0.622. The summed E-state index contributed by atoms with van der Waals surface area (Å²) >= 11 is 5.87. The lowest BCUT2D eigenvalue weighted by atomic mass is 10.0. The van der Waals surface area contributed by atoms with Gasteiger partial charge >= 0.3 is 7.60 Å². The summed E-state index contributed by atoms with van der Waals surface area (Å²) in [5.74, 6) is -1.58. The summed E-state index contributed by atoms with van der Waals surface area (Å²) in [7, 11) is -4.12. The van der Waals surface area contributed by atoms with Crippen LogP contribution in [-0.4, -0.2) is 76.8 Å². The molecule has 1 aromatic heterocycles. The molecule has 0 saturated carbocycles. The number of ether oxygens (including phenoxy) is 2. The number of aromatic nitrogens is 1. The second-order valence-electron chi connectivity index (χ2n) is 15.8. The van der Waals surface area contributed by atoms with Crippen LogP contribution in [0.2, 0.25) is 5.02 Å². The Morgan fingerprint density at radius 2 is 1.54 bits per heavy atom. The molecule has 1 fully saturated rings. The lowest BCUT2D eigenvalue weighted by molar-refractivity contribution is -0.138. The van der Waals surface area contributed by atoms with Crippen LogP contribution in [0.4, 0.5) is 8.78 Å². The molecule has 328 valence electrons. The molecule has 0 radical (unpaired) electrons. The number of ketones is 2. The molecule has 0 bridgehead atoms. The van der Waals surface area contributed by atoms with Crippen molar-refractivity contribution in [3.8, 4) is 5.75 Å². The minimum Gasteiger partial charge on any atom is -0.481 e. The highest BCUT2D eigenvalue weighted by molar-refractivity contribution is 7.52. The van der Waals surface area contributed by atoms with Crippen LogP contribution in [0.3, 0.4) is 0 Å². The quantitative estimate of drug-likeness (QED) is 0.0399. The van der Waals surface area contributed by atoms with Crippen LogP contribution < -0.4 is 4.74 Å². The van der Waals surface area contributed by atoms with Crippen LogP contribution in [0, 0.1) is 5.82 Å². The molecule has 2 heterocycles. The Labute approximate surface area is 353 Å². The Bertz CT molecular complexity index is 1840. The van der Waals surface area contributed by atoms with Crippen molar-refractivity contribution in [2.45, 2.75) is 148 Å². The van der Waals surface area contributed by atoms with E-state index in [9.17, 15) is 32.6 Å². The maximum Gasteiger partial charge on any atom is 0.365 e. The van der Waals surface area contributed by atoms with Crippen LogP contribution in [-0.2, 0) is 36.4 Å². The third-order valence-electron chi connectivity index (χ3n) is 10.9. The van der Waals surface area contributed by atoms with Crippen LogP contribution in [0.25, 0.3) is 10.9 Å². The van der Waals surface area contributed by atoms with Gasteiger partial charge in [-0.3, -0.25) is 18.9 Å². The van der Waals surface area contributed by atoms with Crippen molar-refractivity contribution in [3.63, 3.8) is 0 Å². The van der Waals surface area contributed by atoms with Gasteiger partial charge in [0.05, 0.1) is 29.7 Å². The van der Waals surface area contributed by atoms with Gasteiger partial charge in [0, 0.05) is 49.3 Å². The first kappa shape index (κ1) is 48.5. The van der Waals surface area contributed by atoms with Gasteiger partial charge in [0.2, 0.25) is 5.91 Å². The van der Waals surface area contributed by atoms with Crippen molar-refractivity contribution >= 4 is 47.6 Å². The first-order valence-electron chi connectivity index (χ1n) is 21.6. The van der Waals surface area contributed by atoms with Gasteiger partial charge < -0.3 is 28.4 Å². The highest BCUT2D eigenvalue weighted by atomic mass is 35.5. The molecule has 2 aromatic carbocycles. The van der Waals surface area contributed by atoms with Crippen LogP contribution >= 0.6 is 19.2 Å². The van der Waals surface area contributed by atoms with E-state index in [1.54, 1.807) is 24.3 Å². The van der Waals surface area contributed by atoms with Gasteiger partial charge in [0.1, 0.15) is 24.3 Å². The number of benzene rings is 2. The van der Waals surface area contributed by atoms with Crippen molar-refractivity contribution < 1.29 is 46.6 Å². The third-order valence-corrected chi connectivity index (χ3v) is 12.2. The second kappa shape index (κ2) is 25.6. The maximum absolute atomic E-state index is 14.7. The summed E-state index contributed by atoms with van der Waals surface area (Å²) in [6.07, 6.45) is 17.9. The summed E-state index contributed by atoms with van der Waals surface area (Å²) in [4.78, 5) is 51.0. The number of carbonyl (C=O) groups excluding carboxylic acids is 3. The van der Waals surface area contributed by atoms with E-state index in [0.717, 1.165) is 12.8 Å². The first-order chi connectivity index (χ1) is 28.4. The molecule has 59 heavy (non-hydrogen) atoms. The summed E-state index contributed by atoms with van der Waals surface area (Å²) in [6, 6.07) is 8.21. The molecule has 1 aliphatic heterocycles. The molecule has 1 saturated heterocycles. The zero-order valence-corrected chi connectivity index (χ0v) is 36.6. The monoisotopic (exact) mass is 864 g/mol. The van der Waals surface area contributed by atoms with Gasteiger partial charge in [-0.25, -0.2) is 8.78 Å². The Kier molecular flexibility index (Phi) is 21.0. The van der Waals surface area contributed by atoms with Gasteiger partial charge in [-0.05, 0) is 49.9 Å². The van der Waals surface area contributed by atoms with Gasteiger partial charge in [-0.1, -0.05) is 114 Å². The van der Waals surface area contributed by atoms with Gasteiger partial charge in [0.15, 0.2) is 17.9 Å². The number of carbonyl (C=O) groups is 3. The van der Waals surface area contributed by atoms with Crippen molar-refractivity contribution in [1.29, 1.82) is 0 Å². The molecular weight excluding hydrogens is 801 g/mol. The number of Topliss-reactive ketones (excluding diaryl/α,β-unsaturated/α-hetero) is 2. The molecule has 1 unspecified atom stereocenters. The molecule has 0 aliphatic carbocycles. The lowest BCUT2D eigenvalue weighted by Gasteiger charge is -2.24. The number of hydrogen-bond donors (Lipinski definition) is 1. The van der Waals surface area contributed by atoms with E-state index in [0.29, 0.717) is 36.1 Å². The van der Waals surface area contributed by atoms with E-state index < -0.39 is 43.7 Å². The first-order valence-corrected chi connectivity index (χ1v) is 23.7. The molecule has 1 amide bonds. The average Bonchev–Trinajstić information content (AvgIpc) is 3.78. The number of rotatable bonds is 30. The molecule has 4 rings (SSSR count). The summed E-state index contributed by atoms with van der Waals surface area (Å²) < 4.78 is 59.9. The lowest BCUT2D eigenvalue weighted by Crippen LogP contribution is -2.42. The normalized spacial score (nSPS) is 16.5. The number of amides is 1. The SMILES string of the molecule is CCCCCCCCCCCCCCCCOCCCOP(=O)(O)COc1ccc2c(C(C)=O)cn(CC(=O)N3C[C@H](F)C[C@H]3C(=O)CCc3cccc(Cl)c3F)c2c1. The van der Waals surface area contributed by atoms with Crippen molar-refractivity contribution in [2.24, 2.45) is 0 Å². The number of nitrogens with zero attached hydrogens (tertiary/aromatic N) is 2. The van der Waals surface area contributed by atoms with E-state index in [2.05, 4.69) is 6.92 Å². The van der Waals surface area contributed by atoms with Crippen LogP contribution in [0.1, 0.15) is 139 Å². The number of halogens is 3. The van der Waals surface area contributed by atoms with Gasteiger partial charge in [-0.2, -0.15) is 0 Å². The minimum absolute atomic E-state index is 0.0269. The molecule has 10 nitrogen and oxygen atoms in total. The van der Waals surface area contributed by atoms with Gasteiger partial charge in [0.25, 0.3) is 0 Å². The van der Waals surface area contributed by atoms with E-state index in [-0.39, 0.29) is 61.1 Å². The highest BCUT2D eigenvalue weighted by Gasteiger charge is 2.39. The summed E-state index contributed by atoms with van der Waals surface area (Å²) in [5.41, 5.74) is 1.02. The van der Waals surface area contributed by atoms with E-state index in [1.165, 1.54) is 112 Å². The van der Waals surface area contributed by atoms with Crippen LogP contribution in [0.15, 0.2) is 42.6 Å². The standard InChI is InChI=1S/C45H64ClF2N2O8P/c1-3-4-5-6-7-8-9-10-11-12-13-14-15-16-25-56-26-18-27-58-59(54,55)33-57-37-22-23-38-39(34(2)51)31-49(41(38)29-37)32-44(53)50-30-36(47)28-42(50)43(52)24-21-35-19-17-20-40(46)45(35)48/h17,19-20,22-23,29,31,36,42H,3-16,18,21,24-28,30,32-33H2,1-2H3,(H,54,55)/t36-,42+/m1/s1. The summed E-state index contributed by atoms with van der Waals surface area (Å²) in [5, 5.41) is 0.463. The minimum atomic E-state index is -4.12. The predicted octanol–water partition coefficient (Wildman–Crippen LogP) is 11.2. The Balaban J connectivity index is 1.17. The van der Waals surface area contributed by atoms with Crippen molar-refractivity contribution in [3.05, 3.63) is 64.6 Å². The topological polar surface area (TPSA) is 124 Å². The number of hydrogen-bond acceptors (Lipinski definition) is 7. The summed E-state index contributed by atoms with van der Waals surface area (Å²) in [6.45, 7) is 4.16. The largest absolute Gasteiger partial charge is 0.481 e. The fourth-order valence-electron chi connectivity index (χ4n) is 7.60. The molecule has 1 N–H and O–H groups in total. The average molecular weight is 865 g/mol. The zero-order chi connectivity index (χ0) is 42.6. The highest BCUT2D eigenvalue weighted by Crippen LogP contribution is 2.42. The molecule has 3 aromatic rings. The molecular formula is C45H64ClF2N2O8P. The second-order valence-corrected chi connectivity index (χ2v) is 18.0. The van der Waals surface area contributed by atoms with Crippen molar-refractivity contribution in [2.75, 3.05) is 32.7 Å². The van der Waals surface area contributed by atoms with E-state index in [1.807, 2.05) is 0 Å². The van der Waals surface area contributed by atoms with Crippen LogP contribution in [0.5, 0.6) is 5.75 Å². The molecule has 3 atom stereocenters. The number of likely N-dealkylation sites (tertiary alicyclic amines) is 1. The molecule has 1 aliphatic rings. The number of alkyl halides is 1. The maximum atomic E-state index is 14.7. The molecule has 14 heteroatoms. The van der Waals surface area contributed by atoms with Crippen molar-refractivity contribution in [1.82, 2.24) is 9.47 Å². The van der Waals surface area contributed by atoms with Gasteiger partial charge in [-0.15, -0.1) is 0 Å². The zero-order valence-electron chi connectivity index (χ0n) is 34.9. The Hall–Kier alpha value is -3.15. The predicted molar refractivity (Wildman–Crippen MR) is 229 cm³/mol. The smallest absolute Gasteiger partial charge is 0.365 e. The third kappa shape index (κ3) is 16.3. The Morgan fingerprint density at radius 1 is 0.898 bits per heavy atom.